The summed E-state index contributed by atoms with van der Waals surface area (Å²) in [5, 5.41) is 23.7. The number of amides is 10. The fourth-order valence-corrected chi connectivity index (χ4v) is 9.97. The van der Waals surface area contributed by atoms with Gasteiger partial charge in [-0.2, -0.15) is 0 Å². The number of aromatic nitrogens is 1. The van der Waals surface area contributed by atoms with Crippen molar-refractivity contribution in [1.29, 1.82) is 0 Å². The molecule has 1 aromatic heterocycles. The van der Waals surface area contributed by atoms with Crippen molar-refractivity contribution in [2.24, 2.45) is 17.4 Å². The molecule has 402 valence electrons. The number of para-hydroxylation sites is 1. The van der Waals surface area contributed by atoms with Crippen molar-refractivity contribution in [3.8, 4) is 0 Å². The summed E-state index contributed by atoms with van der Waals surface area (Å²) in [7, 11) is 0. The largest absolute Gasteiger partial charge is 0.368 e. The molecule has 7 atom stereocenters. The van der Waals surface area contributed by atoms with Gasteiger partial charge in [-0.25, -0.2) is 4.79 Å². The van der Waals surface area contributed by atoms with E-state index in [2.05, 4.69) is 47.5 Å². The zero-order valence-electron chi connectivity index (χ0n) is 42.5. The van der Waals surface area contributed by atoms with Crippen molar-refractivity contribution in [3.63, 3.8) is 0 Å². The molecule has 20 nitrogen and oxygen atoms in total. The molecule has 2 unspecified atom stereocenters. The zero-order chi connectivity index (χ0) is 54.1. The van der Waals surface area contributed by atoms with Crippen molar-refractivity contribution in [2.75, 3.05) is 13.1 Å². The third kappa shape index (κ3) is 16.0. The lowest BCUT2D eigenvalue weighted by molar-refractivity contribution is -0.139. The maximum absolute atomic E-state index is 15.3. The number of fused-ring (bicyclic) bond motifs is 2. The number of aromatic amines is 1. The summed E-state index contributed by atoms with van der Waals surface area (Å²) in [5.74, 6) is -6.22. The van der Waals surface area contributed by atoms with Crippen molar-refractivity contribution in [2.45, 2.75) is 139 Å². The van der Waals surface area contributed by atoms with Crippen molar-refractivity contribution < 1.29 is 43.2 Å². The minimum absolute atomic E-state index is 0.0226. The molecule has 6 rings (SSSR count). The van der Waals surface area contributed by atoms with Crippen LogP contribution in [0.1, 0.15) is 100 Å². The number of hydrogen-bond acceptors (Lipinski definition) is 9. The smallest absolute Gasteiger partial charge is 0.312 e. The molecule has 10 amide bonds. The zero-order valence-corrected chi connectivity index (χ0v) is 43.2. The van der Waals surface area contributed by atoms with Crippen LogP contribution in [-0.2, 0) is 64.0 Å². The lowest BCUT2D eigenvalue weighted by Crippen LogP contribution is -2.67. The maximum Gasteiger partial charge on any atom is 0.312 e. The molecule has 13 N–H and O–H groups in total. The predicted molar refractivity (Wildman–Crippen MR) is 282 cm³/mol. The molecule has 0 bridgehead atoms. The topological polar surface area (TPSA) is 318 Å². The van der Waals surface area contributed by atoms with Crippen LogP contribution in [0.15, 0.2) is 79.0 Å². The van der Waals surface area contributed by atoms with Gasteiger partial charge in [0.2, 0.25) is 47.3 Å². The molecule has 1 fully saturated rings. The highest BCUT2D eigenvalue weighted by molar-refractivity contribution is 6.31. The Morgan fingerprint density at radius 2 is 1.49 bits per heavy atom. The number of carbonyl (C=O) groups is 9. The van der Waals surface area contributed by atoms with Crippen LogP contribution in [0, 0.1) is 5.92 Å². The second-order valence-electron chi connectivity index (χ2n) is 19.6. The summed E-state index contributed by atoms with van der Waals surface area (Å²) in [6.07, 6.45) is 3.82. The van der Waals surface area contributed by atoms with Gasteiger partial charge in [-0.3, -0.25) is 38.4 Å². The van der Waals surface area contributed by atoms with Gasteiger partial charge in [-0.1, -0.05) is 92.5 Å². The molecule has 21 heteroatoms. The number of primary amides is 2. The van der Waals surface area contributed by atoms with Crippen LogP contribution in [0.5, 0.6) is 0 Å². The molecule has 0 saturated carbocycles. The van der Waals surface area contributed by atoms with Crippen LogP contribution in [0.4, 0.5) is 4.79 Å². The minimum atomic E-state index is -1.73. The van der Waals surface area contributed by atoms with Gasteiger partial charge in [0.25, 0.3) is 0 Å². The Hall–Kier alpha value is -7.48. The average Bonchev–Trinajstić information content (AvgIpc) is 3.79. The number of urea groups is 1. The Kier molecular flexibility index (Phi) is 20.6. The van der Waals surface area contributed by atoms with Gasteiger partial charge in [-0.05, 0) is 91.7 Å². The van der Waals surface area contributed by atoms with Gasteiger partial charge in [-0.15, -0.1) is 0 Å². The minimum Gasteiger partial charge on any atom is -0.368 e. The number of hydrogen-bond donors (Lipinski definition) is 11. The third-order valence-corrected chi connectivity index (χ3v) is 14.2. The Balaban J connectivity index is 1.41. The fourth-order valence-electron chi connectivity index (χ4n) is 9.68. The molecule has 4 aromatic rings. The molecule has 1 spiro atoms. The van der Waals surface area contributed by atoms with E-state index in [1.54, 1.807) is 61.7 Å². The van der Waals surface area contributed by atoms with E-state index >= 15 is 4.79 Å². The first-order valence-corrected chi connectivity index (χ1v) is 26.1. The van der Waals surface area contributed by atoms with E-state index < -0.39 is 95.0 Å². The van der Waals surface area contributed by atoms with E-state index in [-0.39, 0.29) is 77.3 Å². The first-order chi connectivity index (χ1) is 36.0. The van der Waals surface area contributed by atoms with E-state index in [0.29, 0.717) is 47.4 Å². The number of unbranched alkanes of at least 4 members (excludes halogenated alkanes) is 1. The van der Waals surface area contributed by atoms with E-state index in [0.717, 1.165) is 16.5 Å². The van der Waals surface area contributed by atoms with Crippen molar-refractivity contribution in [3.05, 3.63) is 106 Å². The number of benzene rings is 3. The SMILES string of the molecule is CCCCC(=O)NC1C(=O)NC2(CCc3c(Cl)cccc3C2)C(=O)N[C@H](Cc2ccccc2)C(=O)N[C@@H](CCCNC(N)=O)C(=O)N[C@@H](Cc2c[nH]c3ccccc23)C(=O)N[C@H](C(N)=O)CCCCNC(=O)C[C@H]1C. The van der Waals surface area contributed by atoms with Crippen LogP contribution >= 0.6 is 11.6 Å². The monoisotopic (exact) mass is 1050 g/mol. The van der Waals surface area contributed by atoms with E-state index in [4.69, 9.17) is 23.1 Å². The first-order valence-electron chi connectivity index (χ1n) is 25.7. The van der Waals surface area contributed by atoms with Crippen LogP contribution in [0.2, 0.25) is 5.02 Å². The van der Waals surface area contributed by atoms with E-state index in [1.165, 1.54) is 0 Å². The van der Waals surface area contributed by atoms with Gasteiger partial charge in [0, 0.05) is 67.3 Å². The lowest BCUT2D eigenvalue weighted by Gasteiger charge is -2.40. The summed E-state index contributed by atoms with van der Waals surface area (Å²) in [6.45, 7) is 3.77. The highest BCUT2D eigenvalue weighted by atomic mass is 35.5. The summed E-state index contributed by atoms with van der Waals surface area (Å²) in [5.41, 5.74) is 13.0. The number of nitrogens with one attached hydrogen (secondary N) is 9. The third-order valence-electron chi connectivity index (χ3n) is 13.9. The number of halogens is 1. The Labute approximate surface area is 441 Å². The second-order valence-corrected chi connectivity index (χ2v) is 20.0. The summed E-state index contributed by atoms with van der Waals surface area (Å²) in [4.78, 5) is 129. The van der Waals surface area contributed by atoms with E-state index in [1.807, 2.05) is 31.2 Å². The normalized spacial score (nSPS) is 23.7. The summed E-state index contributed by atoms with van der Waals surface area (Å²) in [6, 6.07) is 14.1. The van der Waals surface area contributed by atoms with Crippen LogP contribution in [-0.4, -0.2) is 107 Å². The second kappa shape index (κ2) is 27.2. The highest BCUT2D eigenvalue weighted by Crippen LogP contribution is 2.34. The standard InChI is InChI=1S/C54H70ClN11O9/c1-3-4-22-44(67)65-46-32(2)27-45(68)58-25-11-10-20-40(47(56)69)61-50(72)43(29-35-31-60-39-19-9-8-17-37(35)39)63-48(70)41(21-13-26-59-53(57)75)62-49(71)42(28-33-14-6-5-7-15-33)64-52(74)54(66-51(46)73)24-23-36-34(30-54)16-12-18-38(36)55/h5-9,12,14-19,31-32,40-43,46,60H,3-4,10-11,13,20-30H2,1-2H3,(H2,56,69)(H,58,68)(H,61,72)(H,62,71)(H,63,70)(H,64,74)(H,65,67)(H,66,73)(H3,57,59,75)/t32-,40+,41+,42-,43+,46?,54?/m1/s1. The predicted octanol–water partition coefficient (Wildman–Crippen LogP) is 2.52. The first kappa shape index (κ1) is 56.8. The molecule has 1 saturated heterocycles. The quantitative estimate of drug-likeness (QED) is 0.0876. The van der Waals surface area contributed by atoms with Gasteiger partial charge in [0.05, 0.1) is 0 Å². The molecule has 3 aromatic carbocycles. The molecular formula is C54H70ClN11O9. The van der Waals surface area contributed by atoms with Gasteiger partial charge >= 0.3 is 6.03 Å². The van der Waals surface area contributed by atoms with Crippen LogP contribution < -0.4 is 54.0 Å². The van der Waals surface area contributed by atoms with Crippen LogP contribution in [0.25, 0.3) is 10.9 Å². The fraction of sp³-hybridized carbons (Fsp3) is 0.463. The highest BCUT2D eigenvalue weighted by Gasteiger charge is 2.46. The number of rotatable bonds is 13. The molecule has 2 heterocycles. The molecule has 1 aliphatic heterocycles. The Morgan fingerprint density at radius 1 is 0.787 bits per heavy atom. The van der Waals surface area contributed by atoms with Crippen molar-refractivity contribution in [1.82, 2.24) is 47.5 Å². The Bertz CT molecular complexity index is 2700. The van der Waals surface area contributed by atoms with Gasteiger partial charge in [0.1, 0.15) is 35.7 Å². The van der Waals surface area contributed by atoms with Gasteiger partial charge in [0.15, 0.2) is 0 Å². The summed E-state index contributed by atoms with van der Waals surface area (Å²) < 4.78 is 0. The van der Waals surface area contributed by atoms with E-state index in [9.17, 15) is 38.4 Å². The average molecular weight is 1050 g/mol. The Morgan fingerprint density at radius 3 is 2.24 bits per heavy atom. The molecule has 75 heavy (non-hydrogen) atoms. The number of carbonyl (C=O) groups excluding carboxylic acids is 9. The molecule has 0 radical (unpaired) electrons. The summed E-state index contributed by atoms with van der Waals surface area (Å²) >= 11 is 6.67. The lowest BCUT2D eigenvalue weighted by atomic mass is 9.76. The molecule has 1 aliphatic carbocycles. The maximum atomic E-state index is 15.3. The van der Waals surface area contributed by atoms with Gasteiger partial charge < -0.3 is 59.0 Å². The number of nitrogens with two attached hydrogens (primary N) is 2. The molecule has 2 aliphatic rings. The number of H-pyrrole nitrogens is 1. The van der Waals surface area contributed by atoms with Crippen molar-refractivity contribution >= 4 is 75.8 Å². The van der Waals surface area contributed by atoms with Crippen LogP contribution in [0.3, 0.4) is 0 Å². The molecular weight excluding hydrogens is 982 g/mol.